The number of aromatic nitrogens is 1. The van der Waals surface area contributed by atoms with Gasteiger partial charge < -0.3 is 5.11 Å². The van der Waals surface area contributed by atoms with Crippen molar-refractivity contribution >= 4 is 62.4 Å². The second-order valence-electron chi connectivity index (χ2n) is 7.25. The van der Waals surface area contributed by atoms with Crippen molar-refractivity contribution in [3.63, 3.8) is 0 Å². The van der Waals surface area contributed by atoms with E-state index in [9.17, 15) is 19.5 Å². The lowest BCUT2D eigenvalue weighted by molar-refractivity contribution is -0.136. The standard InChI is InChI=1S/C23H16N4O4S2/c1-26-21(31)19(18-14-9-5-6-10-16(14)27(20(18)30)11-17(28)29)33-23(26)25-22-24-15(12-32-22)13-7-3-2-4-8-13/h2-10,12H,11H2,1H3,(H,28,29)/b19-18-,25-23+. The van der Waals surface area contributed by atoms with Crippen molar-refractivity contribution in [1.82, 2.24) is 9.88 Å². The molecule has 0 saturated carbocycles. The second kappa shape index (κ2) is 8.30. The molecule has 5 rings (SSSR count). The number of amides is 2. The van der Waals surface area contributed by atoms with E-state index in [-0.39, 0.29) is 16.4 Å². The van der Waals surface area contributed by atoms with E-state index in [1.54, 1.807) is 31.3 Å². The number of aliphatic carboxylic acids is 1. The number of aliphatic imine (C=N–C) groups is 1. The molecule has 2 aliphatic heterocycles. The first-order valence-electron chi connectivity index (χ1n) is 9.87. The Balaban J connectivity index is 1.52. The molecule has 2 aliphatic rings. The lowest BCUT2D eigenvalue weighted by atomic mass is 10.1. The fourth-order valence-corrected chi connectivity index (χ4v) is 5.44. The minimum Gasteiger partial charge on any atom is -0.480 e. The Hall–Kier alpha value is -3.76. The first-order chi connectivity index (χ1) is 15.9. The van der Waals surface area contributed by atoms with Crippen LogP contribution in [0, 0.1) is 0 Å². The van der Waals surface area contributed by atoms with Crippen LogP contribution in [-0.4, -0.2) is 51.5 Å². The molecule has 0 aliphatic carbocycles. The third kappa shape index (κ3) is 3.73. The third-order valence-electron chi connectivity index (χ3n) is 5.18. The number of nitrogens with zero attached hydrogens (tertiary/aromatic N) is 4. The number of thioether (sulfide) groups is 1. The molecule has 1 saturated heterocycles. The molecule has 3 aromatic rings. The summed E-state index contributed by atoms with van der Waals surface area (Å²) in [7, 11) is 1.59. The molecular formula is C23H16N4O4S2. The number of likely N-dealkylation sites (N-methyl/N-ethyl adjacent to an activating group) is 1. The van der Waals surface area contributed by atoms with Gasteiger partial charge in [0.1, 0.15) is 6.54 Å². The predicted octanol–water partition coefficient (Wildman–Crippen LogP) is 3.85. The number of amidine groups is 1. The lowest BCUT2D eigenvalue weighted by Gasteiger charge is -2.13. The number of rotatable bonds is 4. The summed E-state index contributed by atoms with van der Waals surface area (Å²) in [5, 5.41) is 12.0. The van der Waals surface area contributed by atoms with Crippen molar-refractivity contribution in [2.24, 2.45) is 4.99 Å². The van der Waals surface area contributed by atoms with Gasteiger partial charge in [-0.25, -0.2) is 4.98 Å². The van der Waals surface area contributed by atoms with E-state index in [1.165, 1.54) is 21.1 Å². The summed E-state index contributed by atoms with van der Waals surface area (Å²) in [6, 6.07) is 16.6. The molecule has 33 heavy (non-hydrogen) atoms. The molecule has 1 fully saturated rings. The summed E-state index contributed by atoms with van der Waals surface area (Å²) < 4.78 is 0. The highest BCUT2D eigenvalue weighted by atomic mass is 32.2. The fourth-order valence-electron chi connectivity index (χ4n) is 3.63. The Morgan fingerprint density at radius 3 is 2.55 bits per heavy atom. The van der Waals surface area contributed by atoms with Crippen molar-refractivity contribution in [1.29, 1.82) is 0 Å². The normalized spacial score (nSPS) is 19.0. The van der Waals surface area contributed by atoms with Gasteiger partial charge in [-0.05, 0) is 17.8 Å². The maximum atomic E-state index is 13.1. The zero-order chi connectivity index (χ0) is 23.1. The van der Waals surface area contributed by atoms with Crippen LogP contribution in [0.2, 0.25) is 0 Å². The number of hydrogen-bond acceptors (Lipinski definition) is 7. The predicted molar refractivity (Wildman–Crippen MR) is 128 cm³/mol. The number of carbonyl (C=O) groups excluding carboxylic acids is 2. The Labute approximate surface area is 196 Å². The summed E-state index contributed by atoms with van der Waals surface area (Å²) in [4.78, 5) is 49.4. The van der Waals surface area contributed by atoms with Crippen molar-refractivity contribution in [2.45, 2.75) is 0 Å². The quantitative estimate of drug-likeness (QED) is 0.574. The summed E-state index contributed by atoms with van der Waals surface area (Å²) >= 11 is 2.45. The van der Waals surface area contributed by atoms with Gasteiger partial charge in [0.15, 0.2) is 5.17 Å². The molecule has 1 aromatic heterocycles. The van der Waals surface area contributed by atoms with E-state index in [4.69, 9.17) is 0 Å². The van der Waals surface area contributed by atoms with Crippen molar-refractivity contribution in [3.8, 4) is 11.3 Å². The summed E-state index contributed by atoms with van der Waals surface area (Å²) in [5.41, 5.74) is 2.97. The van der Waals surface area contributed by atoms with Crippen molar-refractivity contribution < 1.29 is 19.5 Å². The Morgan fingerprint density at radius 1 is 1.06 bits per heavy atom. The lowest BCUT2D eigenvalue weighted by Crippen LogP contribution is -2.32. The molecule has 1 N–H and O–H groups in total. The number of anilines is 1. The highest BCUT2D eigenvalue weighted by Crippen LogP contribution is 2.44. The van der Waals surface area contributed by atoms with Crippen LogP contribution in [0.1, 0.15) is 5.56 Å². The molecular weight excluding hydrogens is 460 g/mol. The van der Waals surface area contributed by atoms with E-state index >= 15 is 0 Å². The van der Waals surface area contributed by atoms with Crippen molar-refractivity contribution in [2.75, 3.05) is 18.5 Å². The van der Waals surface area contributed by atoms with E-state index in [1.807, 2.05) is 35.7 Å². The van der Waals surface area contributed by atoms with Gasteiger partial charge in [-0.3, -0.25) is 24.2 Å². The van der Waals surface area contributed by atoms with E-state index < -0.39 is 18.4 Å². The maximum Gasteiger partial charge on any atom is 0.323 e. The molecule has 0 spiro atoms. The molecule has 10 heteroatoms. The molecule has 0 unspecified atom stereocenters. The molecule has 0 atom stereocenters. The van der Waals surface area contributed by atoms with Crippen LogP contribution in [-0.2, 0) is 14.4 Å². The van der Waals surface area contributed by atoms with Crippen LogP contribution < -0.4 is 4.90 Å². The SMILES string of the molecule is CN1C(=O)/C(=C2/C(=O)N(CC(=O)O)c3ccccc32)S/C1=N/c1nc(-c2ccccc2)cs1. The average Bonchev–Trinajstić information content (AvgIpc) is 3.47. The van der Waals surface area contributed by atoms with E-state index in [2.05, 4.69) is 9.98 Å². The van der Waals surface area contributed by atoms with Gasteiger partial charge >= 0.3 is 5.97 Å². The van der Waals surface area contributed by atoms with Crippen LogP contribution >= 0.6 is 23.1 Å². The van der Waals surface area contributed by atoms with Gasteiger partial charge in [0.25, 0.3) is 11.8 Å². The summed E-state index contributed by atoms with van der Waals surface area (Å²) in [6.45, 7) is -0.482. The van der Waals surface area contributed by atoms with E-state index in [0.717, 1.165) is 23.0 Å². The van der Waals surface area contributed by atoms with Gasteiger partial charge in [0.05, 0.1) is 21.9 Å². The van der Waals surface area contributed by atoms with Gasteiger partial charge in [-0.15, -0.1) is 11.3 Å². The van der Waals surface area contributed by atoms with Crippen LogP contribution in [0.5, 0.6) is 0 Å². The molecule has 8 nitrogen and oxygen atoms in total. The van der Waals surface area contributed by atoms with Crippen LogP contribution in [0.25, 0.3) is 16.8 Å². The molecule has 0 radical (unpaired) electrons. The Kier molecular flexibility index (Phi) is 5.31. The number of fused-ring (bicyclic) bond motifs is 1. The number of thiazole rings is 1. The molecule has 2 amide bonds. The summed E-state index contributed by atoms with van der Waals surface area (Å²) in [6.07, 6.45) is 0. The monoisotopic (exact) mass is 476 g/mol. The van der Waals surface area contributed by atoms with Crippen LogP contribution in [0.4, 0.5) is 10.8 Å². The fraction of sp³-hybridized carbons (Fsp3) is 0.0870. The number of para-hydroxylation sites is 1. The van der Waals surface area contributed by atoms with Gasteiger partial charge in [-0.1, -0.05) is 48.5 Å². The molecule has 164 valence electrons. The number of carboxylic acids is 1. The highest BCUT2D eigenvalue weighted by Gasteiger charge is 2.42. The molecule has 3 heterocycles. The van der Waals surface area contributed by atoms with Gasteiger partial charge in [0.2, 0.25) is 5.13 Å². The van der Waals surface area contributed by atoms with Gasteiger partial charge in [-0.2, -0.15) is 4.99 Å². The number of carboxylic acid groups (broad SMARTS) is 1. The third-order valence-corrected chi connectivity index (χ3v) is 7.04. The number of benzene rings is 2. The Morgan fingerprint density at radius 2 is 1.79 bits per heavy atom. The van der Waals surface area contributed by atoms with Crippen LogP contribution in [0.15, 0.2) is 69.9 Å². The van der Waals surface area contributed by atoms with Gasteiger partial charge in [0, 0.05) is 23.6 Å². The van der Waals surface area contributed by atoms with Crippen molar-refractivity contribution in [3.05, 3.63) is 70.4 Å². The molecule has 2 aromatic carbocycles. The maximum absolute atomic E-state index is 13.1. The highest BCUT2D eigenvalue weighted by molar-refractivity contribution is 8.18. The Bertz CT molecular complexity index is 1360. The average molecular weight is 477 g/mol. The summed E-state index contributed by atoms with van der Waals surface area (Å²) in [5.74, 6) is -2.01. The minimum atomic E-state index is -1.13. The van der Waals surface area contributed by atoms with Crippen LogP contribution in [0.3, 0.4) is 0 Å². The first kappa shape index (κ1) is 21.1. The zero-order valence-electron chi connectivity index (χ0n) is 17.3. The number of hydrogen-bond donors (Lipinski definition) is 1. The topological polar surface area (TPSA) is 103 Å². The zero-order valence-corrected chi connectivity index (χ0v) is 18.9. The number of carbonyl (C=O) groups is 3. The second-order valence-corrected chi connectivity index (χ2v) is 9.06. The first-order valence-corrected chi connectivity index (χ1v) is 11.6. The largest absolute Gasteiger partial charge is 0.480 e. The van der Waals surface area contributed by atoms with E-state index in [0.29, 0.717) is 21.6 Å². The smallest absolute Gasteiger partial charge is 0.323 e. The molecule has 0 bridgehead atoms. The minimum absolute atomic E-state index is 0.197.